The van der Waals surface area contributed by atoms with Crippen LogP contribution in [-0.2, 0) is 0 Å². The van der Waals surface area contributed by atoms with E-state index in [1.54, 1.807) is 12.1 Å². The van der Waals surface area contributed by atoms with Gasteiger partial charge in [0, 0.05) is 26.2 Å². The zero-order valence-electron chi connectivity index (χ0n) is 11.9. The summed E-state index contributed by atoms with van der Waals surface area (Å²) in [7, 11) is 0. The third-order valence-corrected chi connectivity index (χ3v) is 3.76. The van der Waals surface area contributed by atoms with Gasteiger partial charge in [0.1, 0.15) is 5.82 Å². The fourth-order valence-corrected chi connectivity index (χ4v) is 2.81. The monoisotopic (exact) mass is 274 g/mol. The first-order valence-corrected chi connectivity index (χ1v) is 6.94. The molecular weight excluding hydrogens is 255 g/mol. The molecule has 0 atom stereocenters. The quantitative estimate of drug-likeness (QED) is 0.909. The highest BCUT2D eigenvalue weighted by atomic mass is 19.1. The fraction of sp³-hybridized carbons (Fsp3) is 0.400. The van der Waals surface area contributed by atoms with Crippen molar-refractivity contribution in [2.24, 2.45) is 0 Å². The average molecular weight is 274 g/mol. The van der Waals surface area contributed by atoms with Crippen LogP contribution in [-0.4, -0.2) is 36.0 Å². The average Bonchev–Trinajstić information content (AvgIpc) is 2.76. The van der Waals surface area contributed by atoms with Gasteiger partial charge < -0.3 is 10.2 Å². The van der Waals surface area contributed by atoms with Crippen LogP contribution in [0.2, 0.25) is 0 Å². The van der Waals surface area contributed by atoms with Crippen LogP contribution in [0.15, 0.2) is 24.3 Å². The Kier molecular flexibility index (Phi) is 3.44. The number of halogens is 1. The number of hydrogen-bond donors (Lipinski definition) is 1. The first kappa shape index (κ1) is 13.1. The van der Waals surface area contributed by atoms with Gasteiger partial charge in [-0.2, -0.15) is 5.10 Å². The van der Waals surface area contributed by atoms with E-state index in [0.29, 0.717) is 0 Å². The van der Waals surface area contributed by atoms with Crippen LogP contribution in [0.5, 0.6) is 0 Å². The molecule has 2 heterocycles. The SMILES string of the molecule is Cc1nn(-c2ccc(F)cc2)c(C)c1N1CCNCC1. The van der Waals surface area contributed by atoms with Crippen LogP contribution in [0.1, 0.15) is 11.4 Å². The zero-order valence-corrected chi connectivity index (χ0v) is 11.9. The molecule has 0 saturated carbocycles. The second kappa shape index (κ2) is 5.25. The van der Waals surface area contributed by atoms with Crippen molar-refractivity contribution in [3.8, 4) is 5.69 Å². The molecule has 0 radical (unpaired) electrons. The van der Waals surface area contributed by atoms with Gasteiger partial charge in [-0.15, -0.1) is 0 Å². The van der Waals surface area contributed by atoms with E-state index >= 15 is 0 Å². The maximum Gasteiger partial charge on any atom is 0.123 e. The van der Waals surface area contributed by atoms with Crippen LogP contribution >= 0.6 is 0 Å². The lowest BCUT2D eigenvalue weighted by atomic mass is 10.2. The van der Waals surface area contributed by atoms with Gasteiger partial charge in [0.2, 0.25) is 0 Å². The molecule has 2 aromatic rings. The van der Waals surface area contributed by atoms with Crippen molar-refractivity contribution in [1.82, 2.24) is 15.1 Å². The van der Waals surface area contributed by atoms with Crippen molar-refractivity contribution >= 4 is 5.69 Å². The van der Waals surface area contributed by atoms with Gasteiger partial charge in [-0.05, 0) is 38.1 Å². The smallest absolute Gasteiger partial charge is 0.123 e. The van der Waals surface area contributed by atoms with Crippen LogP contribution in [0.3, 0.4) is 0 Å². The molecule has 5 heteroatoms. The first-order chi connectivity index (χ1) is 9.66. The summed E-state index contributed by atoms with van der Waals surface area (Å²) < 4.78 is 14.9. The van der Waals surface area contributed by atoms with E-state index < -0.39 is 0 Å². The molecule has 0 amide bonds. The summed E-state index contributed by atoms with van der Waals surface area (Å²) in [4.78, 5) is 2.37. The molecule has 1 saturated heterocycles. The van der Waals surface area contributed by atoms with E-state index in [1.807, 2.05) is 11.6 Å². The van der Waals surface area contributed by atoms with Gasteiger partial charge >= 0.3 is 0 Å². The Morgan fingerprint density at radius 3 is 2.40 bits per heavy atom. The molecule has 4 nitrogen and oxygen atoms in total. The van der Waals surface area contributed by atoms with E-state index in [0.717, 1.165) is 43.3 Å². The molecule has 1 aromatic carbocycles. The number of rotatable bonds is 2. The number of anilines is 1. The third kappa shape index (κ3) is 2.29. The van der Waals surface area contributed by atoms with E-state index in [1.165, 1.54) is 17.8 Å². The minimum absolute atomic E-state index is 0.224. The number of piperazine rings is 1. The van der Waals surface area contributed by atoms with E-state index in [2.05, 4.69) is 22.2 Å². The number of nitrogens with one attached hydrogen (secondary N) is 1. The first-order valence-electron chi connectivity index (χ1n) is 6.94. The zero-order chi connectivity index (χ0) is 14.1. The lowest BCUT2D eigenvalue weighted by Gasteiger charge is -2.29. The molecule has 0 spiro atoms. The van der Waals surface area contributed by atoms with Crippen molar-refractivity contribution < 1.29 is 4.39 Å². The number of benzene rings is 1. The van der Waals surface area contributed by atoms with Crippen molar-refractivity contribution in [1.29, 1.82) is 0 Å². The Hall–Kier alpha value is -1.88. The van der Waals surface area contributed by atoms with E-state index in [-0.39, 0.29) is 5.82 Å². The lowest BCUT2D eigenvalue weighted by molar-refractivity contribution is 0.587. The van der Waals surface area contributed by atoms with Crippen molar-refractivity contribution in [2.75, 3.05) is 31.1 Å². The molecule has 1 fully saturated rings. The topological polar surface area (TPSA) is 33.1 Å². The van der Waals surface area contributed by atoms with Gasteiger partial charge in [0.15, 0.2) is 0 Å². The minimum atomic E-state index is -0.224. The minimum Gasteiger partial charge on any atom is -0.366 e. The molecular formula is C15H19FN4. The van der Waals surface area contributed by atoms with Crippen LogP contribution < -0.4 is 10.2 Å². The predicted molar refractivity (Wildman–Crippen MR) is 78.1 cm³/mol. The number of aromatic nitrogens is 2. The summed E-state index contributed by atoms with van der Waals surface area (Å²) in [5.41, 5.74) is 4.23. The molecule has 0 bridgehead atoms. The Bertz CT molecular complexity index is 597. The summed E-state index contributed by atoms with van der Waals surface area (Å²) in [6.07, 6.45) is 0. The molecule has 0 aliphatic carbocycles. The third-order valence-electron chi connectivity index (χ3n) is 3.76. The van der Waals surface area contributed by atoms with Crippen LogP contribution in [0.4, 0.5) is 10.1 Å². The van der Waals surface area contributed by atoms with Gasteiger partial charge in [-0.1, -0.05) is 0 Å². The second-order valence-electron chi connectivity index (χ2n) is 5.14. The second-order valence-corrected chi connectivity index (χ2v) is 5.14. The highest BCUT2D eigenvalue weighted by Gasteiger charge is 2.20. The molecule has 3 rings (SSSR count). The van der Waals surface area contributed by atoms with Gasteiger partial charge in [0.05, 0.1) is 22.8 Å². The lowest BCUT2D eigenvalue weighted by Crippen LogP contribution is -2.43. The molecule has 106 valence electrons. The number of hydrogen-bond acceptors (Lipinski definition) is 3. The predicted octanol–water partition coefficient (Wildman–Crippen LogP) is 2.04. The van der Waals surface area contributed by atoms with Crippen LogP contribution in [0.25, 0.3) is 5.69 Å². The number of aryl methyl sites for hydroxylation is 1. The molecule has 20 heavy (non-hydrogen) atoms. The molecule has 0 unspecified atom stereocenters. The summed E-state index contributed by atoms with van der Waals surface area (Å²) >= 11 is 0. The van der Waals surface area contributed by atoms with Crippen molar-refractivity contribution in [3.63, 3.8) is 0 Å². The van der Waals surface area contributed by atoms with Crippen molar-refractivity contribution in [2.45, 2.75) is 13.8 Å². The normalized spacial score (nSPS) is 15.7. The molecule has 1 aliphatic rings. The van der Waals surface area contributed by atoms with Crippen molar-refractivity contribution in [3.05, 3.63) is 41.5 Å². The summed E-state index contributed by atoms with van der Waals surface area (Å²) in [5, 5.41) is 7.97. The highest BCUT2D eigenvalue weighted by Crippen LogP contribution is 2.27. The summed E-state index contributed by atoms with van der Waals surface area (Å²) in [5.74, 6) is -0.224. The molecule has 1 aliphatic heterocycles. The largest absolute Gasteiger partial charge is 0.366 e. The molecule has 1 aromatic heterocycles. The van der Waals surface area contributed by atoms with E-state index in [9.17, 15) is 4.39 Å². The Balaban J connectivity index is 1.99. The van der Waals surface area contributed by atoms with Gasteiger partial charge in [0.25, 0.3) is 0 Å². The van der Waals surface area contributed by atoms with Gasteiger partial charge in [-0.25, -0.2) is 9.07 Å². The maximum atomic E-state index is 13.0. The Morgan fingerprint density at radius 2 is 1.75 bits per heavy atom. The maximum absolute atomic E-state index is 13.0. The summed E-state index contributed by atoms with van der Waals surface area (Å²) in [6.45, 7) is 8.10. The standard InChI is InChI=1S/C15H19FN4/c1-11-15(19-9-7-17-8-10-19)12(2)20(18-11)14-5-3-13(16)4-6-14/h3-6,17H,7-10H2,1-2H3. The highest BCUT2D eigenvalue weighted by molar-refractivity contribution is 5.57. The van der Waals surface area contributed by atoms with E-state index in [4.69, 9.17) is 0 Å². The summed E-state index contributed by atoms with van der Waals surface area (Å²) in [6, 6.07) is 6.46. The Morgan fingerprint density at radius 1 is 1.10 bits per heavy atom. The van der Waals surface area contributed by atoms with Crippen LogP contribution in [0, 0.1) is 19.7 Å². The Labute approximate surface area is 118 Å². The fourth-order valence-electron chi connectivity index (χ4n) is 2.81. The number of nitrogens with zero attached hydrogens (tertiary/aromatic N) is 3. The van der Waals surface area contributed by atoms with Gasteiger partial charge in [-0.3, -0.25) is 0 Å². The molecule has 1 N–H and O–H groups in total.